The van der Waals surface area contributed by atoms with Crippen LogP contribution < -0.4 is 0 Å². The second-order valence-corrected chi connectivity index (χ2v) is 9.12. The summed E-state index contributed by atoms with van der Waals surface area (Å²) in [5, 5.41) is 9.85. The van der Waals surface area contributed by atoms with Crippen LogP contribution in [-0.4, -0.2) is 66.8 Å². The minimum absolute atomic E-state index is 0.144. The van der Waals surface area contributed by atoms with E-state index in [-0.39, 0.29) is 11.4 Å². The van der Waals surface area contributed by atoms with E-state index in [1.165, 1.54) is 6.42 Å². The molecular formula is C15H28N2O3S. The van der Waals surface area contributed by atoms with E-state index in [4.69, 9.17) is 0 Å². The first kappa shape index (κ1) is 15.7. The predicted molar refractivity (Wildman–Crippen MR) is 82.5 cm³/mol. The molecule has 1 atom stereocenters. The van der Waals surface area contributed by atoms with E-state index >= 15 is 0 Å². The SMILES string of the molecule is O=S(=O)(C1CCCCC1)N1CCN(CC(O)C2CC2)CC1. The van der Waals surface area contributed by atoms with Gasteiger partial charge < -0.3 is 5.11 Å². The van der Waals surface area contributed by atoms with E-state index < -0.39 is 10.0 Å². The molecule has 1 unspecified atom stereocenters. The Morgan fingerprint density at radius 2 is 1.57 bits per heavy atom. The lowest BCUT2D eigenvalue weighted by Gasteiger charge is -2.37. The molecular weight excluding hydrogens is 288 g/mol. The molecule has 0 radical (unpaired) electrons. The van der Waals surface area contributed by atoms with Crippen molar-refractivity contribution in [1.82, 2.24) is 9.21 Å². The lowest BCUT2D eigenvalue weighted by Crippen LogP contribution is -2.52. The van der Waals surface area contributed by atoms with Crippen LogP contribution in [0.25, 0.3) is 0 Å². The Labute approximate surface area is 128 Å². The molecule has 1 aliphatic heterocycles. The number of nitrogens with zero attached hydrogens (tertiary/aromatic N) is 2. The quantitative estimate of drug-likeness (QED) is 0.823. The summed E-state index contributed by atoms with van der Waals surface area (Å²) in [5.41, 5.74) is 0. The highest BCUT2D eigenvalue weighted by molar-refractivity contribution is 7.89. The minimum atomic E-state index is -3.10. The van der Waals surface area contributed by atoms with E-state index in [2.05, 4.69) is 4.90 Å². The van der Waals surface area contributed by atoms with E-state index in [1.807, 2.05) is 0 Å². The third-order valence-electron chi connectivity index (χ3n) is 5.28. The van der Waals surface area contributed by atoms with Crippen LogP contribution in [0.2, 0.25) is 0 Å². The standard InChI is InChI=1S/C15H28N2O3S/c18-15(13-6-7-13)12-16-8-10-17(11-9-16)21(19,20)14-4-2-1-3-5-14/h13-15,18H,1-12H2. The van der Waals surface area contributed by atoms with E-state index in [9.17, 15) is 13.5 Å². The van der Waals surface area contributed by atoms with Crippen molar-refractivity contribution >= 4 is 10.0 Å². The van der Waals surface area contributed by atoms with Crippen LogP contribution in [0.15, 0.2) is 0 Å². The molecule has 3 fully saturated rings. The molecule has 1 heterocycles. The van der Waals surface area contributed by atoms with Crippen molar-refractivity contribution in [2.45, 2.75) is 56.3 Å². The molecule has 3 rings (SSSR count). The van der Waals surface area contributed by atoms with Gasteiger partial charge in [0, 0.05) is 32.7 Å². The molecule has 0 spiro atoms. The fourth-order valence-corrected chi connectivity index (χ4v) is 5.66. The van der Waals surface area contributed by atoms with Gasteiger partial charge in [0.25, 0.3) is 0 Å². The Kier molecular flexibility index (Phi) is 4.88. The van der Waals surface area contributed by atoms with Crippen LogP contribution >= 0.6 is 0 Å². The molecule has 0 aromatic heterocycles. The number of piperazine rings is 1. The van der Waals surface area contributed by atoms with Gasteiger partial charge in [-0.15, -0.1) is 0 Å². The van der Waals surface area contributed by atoms with Crippen LogP contribution in [0, 0.1) is 5.92 Å². The van der Waals surface area contributed by atoms with Crippen molar-refractivity contribution in [3.05, 3.63) is 0 Å². The highest BCUT2D eigenvalue weighted by atomic mass is 32.2. The van der Waals surface area contributed by atoms with Crippen molar-refractivity contribution in [1.29, 1.82) is 0 Å². The fraction of sp³-hybridized carbons (Fsp3) is 1.00. The van der Waals surface area contributed by atoms with Crippen molar-refractivity contribution in [3.63, 3.8) is 0 Å². The maximum absolute atomic E-state index is 12.6. The number of rotatable bonds is 5. The smallest absolute Gasteiger partial charge is 0.217 e. The number of sulfonamides is 1. The van der Waals surface area contributed by atoms with Crippen LogP contribution in [0.1, 0.15) is 44.9 Å². The first-order valence-electron chi connectivity index (χ1n) is 8.47. The molecule has 21 heavy (non-hydrogen) atoms. The average molecular weight is 316 g/mol. The van der Waals surface area contributed by atoms with Gasteiger partial charge in [0.05, 0.1) is 11.4 Å². The summed E-state index contributed by atoms with van der Waals surface area (Å²) < 4.78 is 27.0. The summed E-state index contributed by atoms with van der Waals surface area (Å²) in [6.07, 6.45) is 7.04. The molecule has 0 bridgehead atoms. The normalized spacial score (nSPS) is 28.6. The zero-order valence-corrected chi connectivity index (χ0v) is 13.6. The van der Waals surface area contributed by atoms with E-state index in [1.54, 1.807) is 4.31 Å². The largest absolute Gasteiger partial charge is 0.392 e. The van der Waals surface area contributed by atoms with Crippen LogP contribution in [0.5, 0.6) is 0 Å². The van der Waals surface area contributed by atoms with Crippen molar-refractivity contribution in [2.24, 2.45) is 5.92 Å². The van der Waals surface area contributed by atoms with Gasteiger partial charge >= 0.3 is 0 Å². The molecule has 3 aliphatic rings. The molecule has 1 N–H and O–H groups in total. The summed E-state index contributed by atoms with van der Waals surface area (Å²) in [5.74, 6) is 0.494. The number of hydrogen-bond acceptors (Lipinski definition) is 4. The minimum Gasteiger partial charge on any atom is -0.392 e. The lowest BCUT2D eigenvalue weighted by molar-refractivity contribution is 0.0779. The van der Waals surface area contributed by atoms with Gasteiger partial charge in [-0.05, 0) is 31.6 Å². The van der Waals surface area contributed by atoms with Gasteiger partial charge in [-0.25, -0.2) is 8.42 Å². The number of β-amino-alcohol motifs (C(OH)–C–C–N with tert-alkyl or cyclic N) is 1. The zero-order valence-electron chi connectivity index (χ0n) is 12.8. The zero-order chi connectivity index (χ0) is 14.9. The molecule has 0 aromatic carbocycles. The summed E-state index contributed by atoms with van der Waals surface area (Å²) in [6.45, 7) is 3.42. The Morgan fingerprint density at radius 1 is 0.952 bits per heavy atom. The Bertz CT molecular complexity index is 436. The van der Waals surface area contributed by atoms with E-state index in [0.29, 0.717) is 25.6 Å². The maximum Gasteiger partial charge on any atom is 0.217 e. The van der Waals surface area contributed by atoms with Crippen LogP contribution in [0.4, 0.5) is 0 Å². The first-order chi connectivity index (χ1) is 10.1. The Balaban J connectivity index is 1.49. The molecule has 5 nitrogen and oxygen atoms in total. The maximum atomic E-state index is 12.6. The second-order valence-electron chi connectivity index (χ2n) is 6.91. The summed E-state index contributed by atoms with van der Waals surface area (Å²) in [7, 11) is -3.10. The molecule has 1 saturated heterocycles. The lowest BCUT2D eigenvalue weighted by atomic mass is 10.0. The Hall–Kier alpha value is -0.170. The van der Waals surface area contributed by atoms with Crippen LogP contribution in [-0.2, 0) is 10.0 Å². The molecule has 6 heteroatoms. The molecule has 2 aliphatic carbocycles. The number of aliphatic hydroxyl groups excluding tert-OH is 1. The van der Waals surface area contributed by atoms with Gasteiger partial charge in [-0.2, -0.15) is 4.31 Å². The average Bonchev–Trinajstić information content (AvgIpc) is 3.33. The molecule has 2 saturated carbocycles. The third kappa shape index (κ3) is 3.78. The van der Waals surface area contributed by atoms with Crippen molar-refractivity contribution in [3.8, 4) is 0 Å². The predicted octanol–water partition coefficient (Wildman–Crippen LogP) is 1.04. The topological polar surface area (TPSA) is 60.9 Å². The fourth-order valence-electron chi connectivity index (χ4n) is 3.63. The summed E-state index contributed by atoms with van der Waals surface area (Å²) >= 11 is 0. The van der Waals surface area contributed by atoms with Crippen molar-refractivity contribution < 1.29 is 13.5 Å². The first-order valence-corrected chi connectivity index (χ1v) is 9.97. The Morgan fingerprint density at radius 3 is 2.14 bits per heavy atom. The van der Waals surface area contributed by atoms with Gasteiger partial charge in [-0.1, -0.05) is 19.3 Å². The summed E-state index contributed by atoms with van der Waals surface area (Å²) in [4.78, 5) is 2.22. The highest BCUT2D eigenvalue weighted by Crippen LogP contribution is 2.33. The summed E-state index contributed by atoms with van der Waals surface area (Å²) in [6, 6.07) is 0. The number of hydrogen-bond donors (Lipinski definition) is 1. The van der Waals surface area contributed by atoms with Gasteiger partial charge in [0.1, 0.15) is 0 Å². The monoisotopic (exact) mass is 316 g/mol. The third-order valence-corrected chi connectivity index (χ3v) is 7.67. The van der Waals surface area contributed by atoms with E-state index in [0.717, 1.165) is 51.6 Å². The van der Waals surface area contributed by atoms with Gasteiger partial charge in [-0.3, -0.25) is 4.90 Å². The molecule has 0 amide bonds. The van der Waals surface area contributed by atoms with Gasteiger partial charge in [0.2, 0.25) is 10.0 Å². The molecule has 122 valence electrons. The van der Waals surface area contributed by atoms with Crippen molar-refractivity contribution in [2.75, 3.05) is 32.7 Å². The van der Waals surface area contributed by atoms with Gasteiger partial charge in [0.15, 0.2) is 0 Å². The highest BCUT2D eigenvalue weighted by Gasteiger charge is 2.36. The number of aliphatic hydroxyl groups is 1. The second kappa shape index (κ2) is 6.52. The van der Waals surface area contributed by atoms with Crippen LogP contribution in [0.3, 0.4) is 0 Å². The molecule has 0 aromatic rings.